The summed E-state index contributed by atoms with van der Waals surface area (Å²) in [6, 6.07) is 10.2. The van der Waals surface area contributed by atoms with Crippen molar-refractivity contribution in [2.24, 2.45) is 0 Å². The molecule has 1 saturated heterocycles. The molecule has 2 N–H and O–H groups in total. The Morgan fingerprint density at radius 3 is 2.76 bits per heavy atom. The third-order valence-corrected chi connectivity index (χ3v) is 3.51. The first-order valence-corrected chi connectivity index (χ1v) is 6.26. The van der Waals surface area contributed by atoms with E-state index >= 15 is 0 Å². The lowest BCUT2D eigenvalue weighted by Gasteiger charge is -2.34. The molecule has 0 amide bonds. The van der Waals surface area contributed by atoms with Crippen LogP contribution in [0.25, 0.3) is 0 Å². The van der Waals surface area contributed by atoms with Gasteiger partial charge in [0.15, 0.2) is 0 Å². The third kappa shape index (κ3) is 3.06. The van der Waals surface area contributed by atoms with Crippen LogP contribution in [0.1, 0.15) is 25.3 Å². The van der Waals surface area contributed by atoms with Gasteiger partial charge in [-0.2, -0.15) is 0 Å². The maximum atomic E-state index is 9.58. The summed E-state index contributed by atoms with van der Waals surface area (Å²) < 4.78 is 5.67. The molecule has 1 heterocycles. The predicted octanol–water partition coefficient (Wildman–Crippen LogP) is 1.71. The largest absolute Gasteiger partial charge is 0.394 e. The highest BCUT2D eigenvalue weighted by atomic mass is 16.5. The van der Waals surface area contributed by atoms with Gasteiger partial charge in [0.1, 0.15) is 0 Å². The monoisotopic (exact) mass is 235 g/mol. The van der Waals surface area contributed by atoms with Crippen molar-refractivity contribution in [2.75, 3.05) is 13.2 Å². The van der Waals surface area contributed by atoms with Crippen LogP contribution < -0.4 is 5.32 Å². The van der Waals surface area contributed by atoms with Crippen LogP contribution in [-0.4, -0.2) is 30.0 Å². The highest BCUT2D eigenvalue weighted by Crippen LogP contribution is 2.24. The summed E-state index contributed by atoms with van der Waals surface area (Å²) in [5.74, 6) is 0. The Balaban J connectivity index is 1.95. The molecular weight excluding hydrogens is 214 g/mol. The molecular formula is C14H21NO2. The average molecular weight is 235 g/mol. The van der Waals surface area contributed by atoms with Gasteiger partial charge < -0.3 is 15.2 Å². The lowest BCUT2D eigenvalue weighted by Crippen LogP contribution is -2.54. The van der Waals surface area contributed by atoms with Gasteiger partial charge in [0.05, 0.1) is 18.2 Å². The normalized spacial score (nSPS) is 23.5. The Kier molecular flexibility index (Phi) is 4.15. The second-order valence-corrected chi connectivity index (χ2v) is 4.92. The minimum absolute atomic E-state index is 0.102. The molecule has 2 unspecified atom stereocenters. The van der Waals surface area contributed by atoms with Gasteiger partial charge in [-0.05, 0) is 25.3 Å². The van der Waals surface area contributed by atoms with Gasteiger partial charge in [0.2, 0.25) is 0 Å². The highest BCUT2D eigenvalue weighted by Gasteiger charge is 2.36. The van der Waals surface area contributed by atoms with E-state index in [0.717, 1.165) is 26.0 Å². The molecule has 0 aliphatic carbocycles. The fourth-order valence-electron chi connectivity index (χ4n) is 2.25. The highest BCUT2D eigenvalue weighted by molar-refractivity contribution is 5.15. The minimum Gasteiger partial charge on any atom is -0.394 e. The molecule has 0 radical (unpaired) electrons. The molecule has 1 aromatic carbocycles. The van der Waals surface area contributed by atoms with E-state index in [2.05, 4.69) is 17.4 Å². The van der Waals surface area contributed by atoms with Crippen molar-refractivity contribution in [3.8, 4) is 0 Å². The van der Waals surface area contributed by atoms with Crippen LogP contribution in [0, 0.1) is 0 Å². The molecule has 17 heavy (non-hydrogen) atoms. The second kappa shape index (κ2) is 5.63. The summed E-state index contributed by atoms with van der Waals surface area (Å²) in [4.78, 5) is 0. The zero-order valence-electron chi connectivity index (χ0n) is 10.4. The number of aliphatic hydroxyl groups excluding tert-OH is 1. The first-order chi connectivity index (χ1) is 8.24. The van der Waals surface area contributed by atoms with E-state index in [-0.39, 0.29) is 18.2 Å². The van der Waals surface area contributed by atoms with Crippen LogP contribution in [0.4, 0.5) is 0 Å². The Morgan fingerprint density at radius 2 is 2.18 bits per heavy atom. The van der Waals surface area contributed by atoms with Gasteiger partial charge >= 0.3 is 0 Å². The van der Waals surface area contributed by atoms with Crippen LogP contribution in [-0.2, 0) is 11.3 Å². The molecule has 1 fully saturated rings. The van der Waals surface area contributed by atoms with Gasteiger partial charge in [-0.25, -0.2) is 0 Å². The summed E-state index contributed by atoms with van der Waals surface area (Å²) >= 11 is 0. The molecule has 1 aromatic rings. The van der Waals surface area contributed by atoms with Gasteiger partial charge in [-0.3, -0.25) is 0 Å². The van der Waals surface area contributed by atoms with Crippen molar-refractivity contribution in [2.45, 2.75) is 38.0 Å². The van der Waals surface area contributed by atoms with Gasteiger partial charge in [-0.1, -0.05) is 30.3 Å². The fraction of sp³-hybridized carbons (Fsp3) is 0.571. The molecule has 2 rings (SSSR count). The molecule has 0 bridgehead atoms. The van der Waals surface area contributed by atoms with Crippen LogP contribution in [0.2, 0.25) is 0 Å². The number of nitrogens with one attached hydrogen (secondary N) is 1. The SMILES string of the molecule is CC(CO)(NCc1ccccc1)C1CCCO1. The molecule has 1 aliphatic rings. The van der Waals surface area contributed by atoms with E-state index in [4.69, 9.17) is 4.74 Å². The van der Waals surface area contributed by atoms with Gasteiger partial charge in [0, 0.05) is 13.2 Å². The lowest BCUT2D eigenvalue weighted by molar-refractivity contribution is 0.00587. The Labute approximate surface area is 103 Å². The van der Waals surface area contributed by atoms with E-state index in [1.807, 2.05) is 25.1 Å². The summed E-state index contributed by atoms with van der Waals surface area (Å²) in [5, 5.41) is 13.0. The second-order valence-electron chi connectivity index (χ2n) is 4.92. The maximum absolute atomic E-state index is 9.58. The summed E-state index contributed by atoms with van der Waals surface area (Å²) in [5.41, 5.74) is 0.886. The van der Waals surface area contributed by atoms with Crippen molar-refractivity contribution in [1.82, 2.24) is 5.32 Å². The van der Waals surface area contributed by atoms with Gasteiger partial charge in [-0.15, -0.1) is 0 Å². The number of aliphatic hydroxyl groups is 1. The van der Waals surface area contributed by atoms with E-state index in [1.54, 1.807) is 0 Å². The molecule has 2 atom stereocenters. The summed E-state index contributed by atoms with van der Waals surface area (Å²) in [6.07, 6.45) is 2.24. The Morgan fingerprint density at radius 1 is 1.41 bits per heavy atom. The third-order valence-electron chi connectivity index (χ3n) is 3.51. The quantitative estimate of drug-likeness (QED) is 0.816. The van der Waals surface area contributed by atoms with Crippen LogP contribution in [0.15, 0.2) is 30.3 Å². The summed E-state index contributed by atoms with van der Waals surface area (Å²) in [7, 11) is 0. The first kappa shape index (κ1) is 12.6. The van der Waals surface area contributed by atoms with Crippen LogP contribution in [0.3, 0.4) is 0 Å². The topological polar surface area (TPSA) is 41.5 Å². The molecule has 0 aromatic heterocycles. The molecule has 0 spiro atoms. The van der Waals surface area contributed by atoms with E-state index in [0.29, 0.717) is 0 Å². The number of hydrogen-bond acceptors (Lipinski definition) is 3. The number of benzene rings is 1. The van der Waals surface area contributed by atoms with Crippen LogP contribution >= 0.6 is 0 Å². The van der Waals surface area contributed by atoms with Crippen molar-refractivity contribution in [3.63, 3.8) is 0 Å². The number of rotatable bonds is 5. The minimum atomic E-state index is -0.341. The fourth-order valence-corrected chi connectivity index (χ4v) is 2.25. The molecule has 0 saturated carbocycles. The van der Waals surface area contributed by atoms with Crippen molar-refractivity contribution >= 4 is 0 Å². The predicted molar refractivity (Wildman–Crippen MR) is 67.7 cm³/mol. The van der Waals surface area contributed by atoms with E-state index in [9.17, 15) is 5.11 Å². The average Bonchev–Trinajstić information content (AvgIpc) is 2.92. The zero-order valence-corrected chi connectivity index (χ0v) is 10.4. The molecule has 1 aliphatic heterocycles. The van der Waals surface area contributed by atoms with E-state index < -0.39 is 0 Å². The number of hydrogen-bond donors (Lipinski definition) is 2. The Bertz CT molecular complexity index is 335. The first-order valence-electron chi connectivity index (χ1n) is 6.26. The van der Waals surface area contributed by atoms with Crippen molar-refractivity contribution < 1.29 is 9.84 Å². The summed E-state index contributed by atoms with van der Waals surface area (Å²) in [6.45, 7) is 3.71. The molecule has 3 heteroatoms. The zero-order chi connectivity index (χ0) is 12.1. The molecule has 94 valence electrons. The maximum Gasteiger partial charge on any atom is 0.0777 e. The van der Waals surface area contributed by atoms with Crippen molar-refractivity contribution in [3.05, 3.63) is 35.9 Å². The molecule has 3 nitrogen and oxygen atoms in total. The smallest absolute Gasteiger partial charge is 0.0777 e. The van der Waals surface area contributed by atoms with E-state index in [1.165, 1.54) is 5.56 Å². The van der Waals surface area contributed by atoms with Crippen LogP contribution in [0.5, 0.6) is 0 Å². The van der Waals surface area contributed by atoms with Crippen molar-refractivity contribution in [1.29, 1.82) is 0 Å². The Hall–Kier alpha value is -0.900. The number of ether oxygens (including phenoxy) is 1. The lowest BCUT2D eigenvalue weighted by atomic mass is 9.93. The van der Waals surface area contributed by atoms with Gasteiger partial charge in [0.25, 0.3) is 0 Å². The standard InChI is InChI=1S/C14H21NO2/c1-14(11-16,13-8-5-9-17-13)15-10-12-6-3-2-4-7-12/h2-4,6-7,13,15-16H,5,8-11H2,1H3.